The monoisotopic (exact) mass is 410 g/mol. The number of anilines is 1. The molecule has 2 aromatic heterocycles. The van der Waals surface area contributed by atoms with Crippen LogP contribution in [0.25, 0.3) is 10.9 Å². The van der Waals surface area contributed by atoms with Gasteiger partial charge in [-0.2, -0.15) is 4.98 Å². The van der Waals surface area contributed by atoms with Gasteiger partial charge in [-0.1, -0.05) is 12.1 Å². The first kappa shape index (κ1) is 21.3. The molecule has 0 radical (unpaired) electrons. The van der Waals surface area contributed by atoms with Crippen LogP contribution in [0.4, 0.5) is 10.8 Å². The molecule has 8 nitrogen and oxygen atoms in total. The van der Waals surface area contributed by atoms with Crippen LogP contribution < -0.4 is 16.3 Å². The predicted molar refractivity (Wildman–Crippen MR) is 115 cm³/mol. The minimum absolute atomic E-state index is 0.176. The summed E-state index contributed by atoms with van der Waals surface area (Å²) < 4.78 is 10.6. The average molecular weight is 410 g/mol. The minimum atomic E-state index is -0.575. The first-order valence-corrected chi connectivity index (χ1v) is 9.76. The molecule has 0 saturated heterocycles. The number of fused-ring (bicyclic) bond motifs is 1. The van der Waals surface area contributed by atoms with E-state index in [2.05, 4.69) is 20.6 Å². The van der Waals surface area contributed by atoms with Crippen LogP contribution in [0.1, 0.15) is 37.5 Å². The van der Waals surface area contributed by atoms with Crippen molar-refractivity contribution in [3.05, 3.63) is 63.8 Å². The zero-order valence-corrected chi connectivity index (χ0v) is 17.6. The summed E-state index contributed by atoms with van der Waals surface area (Å²) in [5.41, 5.74) is 2.07. The molecule has 3 aromatic rings. The Hall–Kier alpha value is -3.42. The maximum atomic E-state index is 12.6. The maximum absolute atomic E-state index is 12.6. The van der Waals surface area contributed by atoms with Gasteiger partial charge in [0.15, 0.2) is 0 Å². The van der Waals surface area contributed by atoms with E-state index in [0.717, 1.165) is 17.5 Å². The number of aryl methyl sites for hydroxylation is 1. The van der Waals surface area contributed by atoms with Crippen LogP contribution in [0.2, 0.25) is 0 Å². The molecule has 0 aliphatic heterocycles. The van der Waals surface area contributed by atoms with E-state index >= 15 is 0 Å². The van der Waals surface area contributed by atoms with Crippen molar-refractivity contribution in [2.45, 2.75) is 46.3 Å². The quantitative estimate of drug-likeness (QED) is 0.640. The van der Waals surface area contributed by atoms with Gasteiger partial charge in [-0.3, -0.25) is 4.98 Å². The van der Waals surface area contributed by atoms with Gasteiger partial charge in [0.1, 0.15) is 5.60 Å². The van der Waals surface area contributed by atoms with E-state index in [1.165, 1.54) is 0 Å². The van der Waals surface area contributed by atoms with Crippen molar-refractivity contribution in [1.82, 2.24) is 15.3 Å². The molecule has 0 unspecified atom stereocenters. The van der Waals surface area contributed by atoms with Gasteiger partial charge in [0, 0.05) is 25.5 Å². The number of carbonyl (C=O) groups excluding carboxylic acids is 1. The Bertz CT molecular complexity index is 1090. The third-order valence-electron chi connectivity index (χ3n) is 4.41. The number of amides is 1. The van der Waals surface area contributed by atoms with Gasteiger partial charge in [0.25, 0.3) is 6.01 Å². The van der Waals surface area contributed by atoms with Gasteiger partial charge < -0.3 is 19.8 Å². The summed E-state index contributed by atoms with van der Waals surface area (Å²) in [6.45, 7) is 8.00. The van der Waals surface area contributed by atoms with Crippen LogP contribution in [-0.4, -0.2) is 28.2 Å². The molecule has 1 amide bonds. The molecule has 2 heterocycles. The van der Waals surface area contributed by atoms with E-state index in [0.29, 0.717) is 23.0 Å². The van der Waals surface area contributed by atoms with Gasteiger partial charge in [0.2, 0.25) is 0 Å². The number of aromatic nitrogens is 2. The number of hydrogen-bond acceptors (Lipinski definition) is 7. The van der Waals surface area contributed by atoms with Crippen LogP contribution >= 0.6 is 0 Å². The molecular weight excluding hydrogens is 384 g/mol. The second-order valence-electron chi connectivity index (χ2n) is 7.94. The molecule has 3 rings (SSSR count). The first-order chi connectivity index (χ1) is 14.2. The molecule has 0 aliphatic carbocycles. The van der Waals surface area contributed by atoms with Crippen LogP contribution in [-0.2, 0) is 17.7 Å². The molecule has 8 heteroatoms. The average Bonchev–Trinajstić information content (AvgIpc) is 2.66. The van der Waals surface area contributed by atoms with Gasteiger partial charge in [-0.05, 0) is 62.9 Å². The topological polar surface area (TPSA) is 106 Å². The predicted octanol–water partition coefficient (Wildman–Crippen LogP) is 3.57. The Kier molecular flexibility index (Phi) is 6.34. The lowest BCUT2D eigenvalue weighted by molar-refractivity contribution is 0.0523. The Morgan fingerprint density at radius 1 is 1.23 bits per heavy atom. The van der Waals surface area contributed by atoms with E-state index in [-0.39, 0.29) is 12.6 Å². The second-order valence-corrected chi connectivity index (χ2v) is 7.94. The lowest BCUT2D eigenvalue weighted by atomic mass is 10.0. The summed E-state index contributed by atoms with van der Waals surface area (Å²) in [4.78, 5) is 32.9. The van der Waals surface area contributed by atoms with Crippen LogP contribution in [0.5, 0.6) is 0 Å². The SMILES string of the molecule is Cc1c(CNC(=O)OC(C)(C)C)ccc2nc(NCCc3cccnc3)oc(=O)c12. The van der Waals surface area contributed by atoms with Crippen LogP contribution in [0.15, 0.2) is 45.9 Å². The van der Waals surface area contributed by atoms with Gasteiger partial charge in [0.05, 0.1) is 10.9 Å². The highest BCUT2D eigenvalue weighted by atomic mass is 16.6. The van der Waals surface area contributed by atoms with Crippen LogP contribution in [0.3, 0.4) is 0 Å². The number of nitrogens with zero attached hydrogens (tertiary/aromatic N) is 2. The highest BCUT2D eigenvalue weighted by Crippen LogP contribution is 2.19. The van der Waals surface area contributed by atoms with Crippen molar-refractivity contribution >= 4 is 23.0 Å². The summed E-state index contributed by atoms with van der Waals surface area (Å²) in [5, 5.41) is 6.15. The van der Waals surface area contributed by atoms with Crippen molar-refractivity contribution < 1.29 is 13.9 Å². The fourth-order valence-electron chi connectivity index (χ4n) is 2.97. The Morgan fingerprint density at radius 3 is 2.73 bits per heavy atom. The number of alkyl carbamates (subject to hydrolysis) is 1. The first-order valence-electron chi connectivity index (χ1n) is 9.76. The highest BCUT2D eigenvalue weighted by molar-refractivity contribution is 5.82. The minimum Gasteiger partial charge on any atom is -0.444 e. The van der Waals surface area contributed by atoms with Crippen LogP contribution in [0, 0.1) is 6.92 Å². The highest BCUT2D eigenvalue weighted by Gasteiger charge is 2.17. The molecule has 0 spiro atoms. The van der Waals surface area contributed by atoms with E-state index in [1.54, 1.807) is 39.2 Å². The number of ether oxygens (including phenoxy) is 1. The molecule has 0 aliphatic rings. The number of benzene rings is 1. The fourth-order valence-corrected chi connectivity index (χ4v) is 2.97. The number of hydrogen-bond donors (Lipinski definition) is 2. The van der Waals surface area contributed by atoms with Crippen molar-refractivity contribution in [2.24, 2.45) is 0 Å². The van der Waals surface area contributed by atoms with Crippen molar-refractivity contribution in [1.29, 1.82) is 0 Å². The normalized spacial score (nSPS) is 11.3. The summed E-state index contributed by atoms with van der Waals surface area (Å²) >= 11 is 0. The summed E-state index contributed by atoms with van der Waals surface area (Å²) in [7, 11) is 0. The number of rotatable bonds is 6. The molecule has 0 fully saturated rings. The van der Waals surface area contributed by atoms with Gasteiger partial charge >= 0.3 is 11.7 Å². The van der Waals surface area contributed by atoms with Crippen molar-refractivity contribution in [3.63, 3.8) is 0 Å². The summed E-state index contributed by atoms with van der Waals surface area (Å²) in [6.07, 6.45) is 3.73. The maximum Gasteiger partial charge on any atom is 0.407 e. The van der Waals surface area contributed by atoms with E-state index < -0.39 is 17.3 Å². The number of pyridine rings is 1. The van der Waals surface area contributed by atoms with Gasteiger partial charge in [-0.15, -0.1) is 0 Å². The third-order valence-corrected chi connectivity index (χ3v) is 4.41. The zero-order chi connectivity index (χ0) is 21.7. The molecule has 2 N–H and O–H groups in total. The smallest absolute Gasteiger partial charge is 0.407 e. The molecule has 0 bridgehead atoms. The summed E-state index contributed by atoms with van der Waals surface area (Å²) in [5.74, 6) is 0. The van der Waals surface area contributed by atoms with Crippen molar-refractivity contribution in [2.75, 3.05) is 11.9 Å². The Labute approximate surface area is 174 Å². The zero-order valence-electron chi connectivity index (χ0n) is 17.6. The molecular formula is C22H26N4O4. The molecule has 30 heavy (non-hydrogen) atoms. The van der Waals surface area contributed by atoms with E-state index in [1.807, 2.05) is 25.1 Å². The Morgan fingerprint density at radius 2 is 2.03 bits per heavy atom. The molecule has 158 valence electrons. The second kappa shape index (κ2) is 8.94. The van der Waals surface area contributed by atoms with E-state index in [9.17, 15) is 9.59 Å². The van der Waals surface area contributed by atoms with Gasteiger partial charge in [-0.25, -0.2) is 9.59 Å². The molecule has 0 saturated carbocycles. The fraction of sp³-hybridized carbons (Fsp3) is 0.364. The molecule has 1 aromatic carbocycles. The lowest BCUT2D eigenvalue weighted by Crippen LogP contribution is -2.32. The molecule has 0 atom stereocenters. The summed E-state index contributed by atoms with van der Waals surface area (Å²) in [6, 6.07) is 7.62. The van der Waals surface area contributed by atoms with E-state index in [4.69, 9.17) is 9.15 Å². The van der Waals surface area contributed by atoms with Crippen molar-refractivity contribution in [3.8, 4) is 0 Å². The standard InChI is InChI=1S/C22H26N4O4/c1-14-16(13-25-21(28)30-22(2,3)4)7-8-17-18(14)19(27)29-20(26-17)24-11-9-15-6-5-10-23-12-15/h5-8,10,12H,9,11,13H2,1-4H3,(H,24,26)(H,25,28). The largest absolute Gasteiger partial charge is 0.444 e. The lowest BCUT2D eigenvalue weighted by Gasteiger charge is -2.20. The third kappa shape index (κ3) is 5.56. The number of nitrogens with one attached hydrogen (secondary N) is 2. The Balaban J connectivity index is 1.71. The number of carbonyl (C=O) groups is 1.